The molecule has 4 rings (SSSR count). The molecular weight excluding hydrogens is 354 g/mol. The number of hydrogen-bond acceptors (Lipinski definition) is 5. The van der Waals surface area contributed by atoms with Gasteiger partial charge in [0.1, 0.15) is 5.69 Å². The van der Waals surface area contributed by atoms with Gasteiger partial charge in [-0.2, -0.15) is 5.10 Å². The Labute approximate surface area is 154 Å². The molecule has 7 nitrogen and oxygen atoms in total. The van der Waals surface area contributed by atoms with Crippen LogP contribution < -0.4 is 15.5 Å². The highest BCUT2D eigenvalue weighted by Crippen LogP contribution is 2.28. The van der Waals surface area contributed by atoms with Gasteiger partial charge in [0.15, 0.2) is 0 Å². The van der Waals surface area contributed by atoms with Gasteiger partial charge in [-0.05, 0) is 24.3 Å². The average molecular weight is 370 g/mol. The summed E-state index contributed by atoms with van der Waals surface area (Å²) in [5.41, 5.74) is 6.60. The number of methoxy groups -OCH3 is 1. The summed E-state index contributed by atoms with van der Waals surface area (Å²) < 4.78 is 5.05. The van der Waals surface area contributed by atoms with Crippen molar-refractivity contribution in [3.8, 4) is 5.88 Å². The number of carbonyl (C=O) groups is 1. The lowest BCUT2D eigenvalue weighted by Gasteiger charge is -2.06. The normalized spacial score (nSPS) is 15.5. The number of nitrogens with zero attached hydrogens (tertiary/aromatic N) is 2. The molecule has 26 heavy (non-hydrogen) atoms. The number of benzene rings is 1. The molecule has 0 spiro atoms. The molecule has 0 atom stereocenters. The maximum Gasteiger partial charge on any atom is 0.268 e. The monoisotopic (exact) mass is 369 g/mol. The topological polar surface area (TPSA) is 91.4 Å². The van der Waals surface area contributed by atoms with Gasteiger partial charge in [-0.1, -0.05) is 11.6 Å². The number of fused-ring (bicyclic) bond motifs is 3. The summed E-state index contributed by atoms with van der Waals surface area (Å²) in [5.74, 6) is 0.379. The minimum atomic E-state index is -0.149. The highest BCUT2D eigenvalue weighted by atomic mass is 35.5. The summed E-state index contributed by atoms with van der Waals surface area (Å²) in [5, 5.41) is 8.89. The first-order valence-corrected chi connectivity index (χ1v) is 8.46. The molecule has 0 fully saturated rings. The van der Waals surface area contributed by atoms with Crippen molar-refractivity contribution in [2.24, 2.45) is 5.10 Å². The van der Waals surface area contributed by atoms with E-state index in [4.69, 9.17) is 16.3 Å². The van der Waals surface area contributed by atoms with Crippen LogP contribution in [0.3, 0.4) is 0 Å². The average Bonchev–Trinajstić information content (AvgIpc) is 2.95. The number of ether oxygens (including phenoxy) is 1. The molecule has 0 saturated carbocycles. The lowest BCUT2D eigenvalue weighted by Crippen LogP contribution is -2.23. The Kier molecular flexibility index (Phi) is 4.22. The van der Waals surface area contributed by atoms with Crippen LogP contribution in [-0.4, -0.2) is 35.2 Å². The smallest absolute Gasteiger partial charge is 0.268 e. The van der Waals surface area contributed by atoms with E-state index in [1.54, 1.807) is 25.4 Å². The highest BCUT2D eigenvalue weighted by Gasteiger charge is 2.25. The number of aromatic nitrogens is 2. The Balaban J connectivity index is 1.76. The number of aromatic amines is 1. The van der Waals surface area contributed by atoms with Crippen LogP contribution in [0.5, 0.6) is 5.88 Å². The molecule has 0 saturated heterocycles. The fraction of sp³-hybridized carbons (Fsp3) is 0.167. The number of pyridine rings is 1. The van der Waals surface area contributed by atoms with Crippen LogP contribution in [0.2, 0.25) is 5.02 Å². The number of hydrogen-bond donors (Lipinski definition) is 3. The molecule has 3 heterocycles. The minimum Gasteiger partial charge on any atom is -0.481 e. The van der Waals surface area contributed by atoms with E-state index in [1.165, 1.54) is 0 Å². The molecule has 8 heteroatoms. The van der Waals surface area contributed by atoms with Crippen molar-refractivity contribution in [3.63, 3.8) is 0 Å². The summed E-state index contributed by atoms with van der Waals surface area (Å²) in [4.78, 5) is 19.7. The molecule has 0 aliphatic carbocycles. The molecule has 1 aliphatic heterocycles. The zero-order valence-corrected chi connectivity index (χ0v) is 14.7. The number of rotatable bonds is 3. The van der Waals surface area contributed by atoms with Crippen molar-refractivity contribution in [2.75, 3.05) is 19.1 Å². The van der Waals surface area contributed by atoms with Crippen molar-refractivity contribution < 1.29 is 9.53 Å². The summed E-state index contributed by atoms with van der Waals surface area (Å²) >= 11 is 6.15. The van der Waals surface area contributed by atoms with E-state index >= 15 is 0 Å². The van der Waals surface area contributed by atoms with E-state index in [0.29, 0.717) is 29.6 Å². The van der Waals surface area contributed by atoms with Crippen molar-refractivity contribution in [1.82, 2.24) is 15.3 Å². The molecule has 1 aromatic carbocycles. The van der Waals surface area contributed by atoms with E-state index < -0.39 is 0 Å². The van der Waals surface area contributed by atoms with E-state index in [1.807, 2.05) is 18.2 Å². The Bertz CT molecular complexity index is 1010. The van der Waals surface area contributed by atoms with E-state index in [2.05, 4.69) is 25.8 Å². The van der Waals surface area contributed by atoms with Gasteiger partial charge in [-0.25, -0.2) is 4.98 Å². The molecule has 3 N–H and O–H groups in total. The molecule has 1 amide bonds. The molecule has 2 aromatic heterocycles. The maximum atomic E-state index is 12.4. The molecule has 132 valence electrons. The lowest BCUT2D eigenvalue weighted by atomic mass is 10.0. The highest BCUT2D eigenvalue weighted by molar-refractivity contribution is 6.32. The van der Waals surface area contributed by atoms with Gasteiger partial charge in [0.2, 0.25) is 5.88 Å². The Morgan fingerprint density at radius 3 is 2.96 bits per heavy atom. The number of amides is 1. The third-order valence-electron chi connectivity index (χ3n) is 4.19. The van der Waals surface area contributed by atoms with E-state index in [0.717, 1.165) is 27.9 Å². The molecule has 3 aromatic rings. The summed E-state index contributed by atoms with van der Waals surface area (Å²) in [6.07, 6.45) is 2.23. The Hall–Kier alpha value is -3.06. The maximum absolute atomic E-state index is 12.4. The van der Waals surface area contributed by atoms with Gasteiger partial charge >= 0.3 is 0 Å². The molecule has 0 bridgehead atoms. The number of nitrogens with one attached hydrogen (secondary N) is 3. The first kappa shape index (κ1) is 16.4. The van der Waals surface area contributed by atoms with Crippen LogP contribution in [0.25, 0.3) is 10.9 Å². The van der Waals surface area contributed by atoms with Crippen LogP contribution in [0.1, 0.15) is 22.5 Å². The van der Waals surface area contributed by atoms with Gasteiger partial charge in [0, 0.05) is 40.5 Å². The quantitative estimate of drug-likeness (QED) is 0.618. The van der Waals surface area contributed by atoms with Crippen LogP contribution in [-0.2, 0) is 0 Å². The summed E-state index contributed by atoms with van der Waals surface area (Å²) in [6.45, 7) is 0.505. The van der Waals surface area contributed by atoms with Gasteiger partial charge in [0.25, 0.3) is 5.91 Å². The lowest BCUT2D eigenvalue weighted by molar-refractivity contribution is 0.0952. The second-order valence-corrected chi connectivity index (χ2v) is 6.27. The third kappa shape index (κ3) is 2.97. The number of halogens is 1. The number of carbonyl (C=O) groups excluding carboxylic acids is 1. The summed E-state index contributed by atoms with van der Waals surface area (Å²) in [6, 6.07) is 9.06. The number of H-pyrrole nitrogens is 1. The zero-order chi connectivity index (χ0) is 18.1. The molecular formula is C18H16ClN5O2. The predicted molar refractivity (Wildman–Crippen MR) is 101 cm³/mol. The fourth-order valence-electron chi connectivity index (χ4n) is 2.95. The second kappa shape index (κ2) is 6.68. The van der Waals surface area contributed by atoms with Gasteiger partial charge in [0.05, 0.1) is 24.7 Å². The van der Waals surface area contributed by atoms with Crippen molar-refractivity contribution >= 4 is 39.8 Å². The van der Waals surface area contributed by atoms with Crippen LogP contribution in [0, 0.1) is 0 Å². The minimum absolute atomic E-state index is 0.149. The van der Waals surface area contributed by atoms with Gasteiger partial charge in [-0.3, -0.25) is 10.2 Å². The Morgan fingerprint density at radius 2 is 2.19 bits per heavy atom. The van der Waals surface area contributed by atoms with Crippen LogP contribution in [0.15, 0.2) is 41.6 Å². The van der Waals surface area contributed by atoms with Crippen LogP contribution in [0.4, 0.5) is 5.69 Å². The van der Waals surface area contributed by atoms with Crippen LogP contribution >= 0.6 is 11.6 Å². The molecule has 0 unspecified atom stereocenters. The van der Waals surface area contributed by atoms with E-state index in [9.17, 15) is 4.79 Å². The SMILES string of the molecule is COc1ccc(NN=C2CCNC(=O)c3[nH]c4ccc(Cl)cc4c32)cn1. The molecule has 1 aliphatic rings. The molecule has 0 radical (unpaired) electrons. The van der Waals surface area contributed by atoms with Gasteiger partial charge in [-0.15, -0.1) is 0 Å². The second-order valence-electron chi connectivity index (χ2n) is 5.83. The standard InChI is InChI=1S/C18H16ClN5O2/c1-26-15-5-3-11(9-21-15)23-24-14-6-7-20-18(25)17-16(14)12-8-10(19)2-4-13(12)22-17/h2-5,8-9,22-23H,6-7H2,1H3,(H,20,25). The van der Waals surface area contributed by atoms with E-state index in [-0.39, 0.29) is 5.91 Å². The number of anilines is 1. The largest absolute Gasteiger partial charge is 0.481 e. The predicted octanol–water partition coefficient (Wildman–Crippen LogP) is 3.17. The summed E-state index contributed by atoms with van der Waals surface area (Å²) in [7, 11) is 1.56. The third-order valence-corrected chi connectivity index (χ3v) is 4.42. The zero-order valence-electron chi connectivity index (χ0n) is 14.0. The number of hydrazone groups is 1. The fourth-order valence-corrected chi connectivity index (χ4v) is 3.13. The van der Waals surface area contributed by atoms with Crippen molar-refractivity contribution in [1.29, 1.82) is 0 Å². The Morgan fingerprint density at radius 1 is 1.31 bits per heavy atom. The first-order valence-electron chi connectivity index (χ1n) is 8.08. The van der Waals surface area contributed by atoms with Gasteiger partial charge < -0.3 is 15.0 Å². The van der Waals surface area contributed by atoms with Crippen molar-refractivity contribution in [3.05, 3.63) is 52.8 Å². The van der Waals surface area contributed by atoms with Crippen molar-refractivity contribution in [2.45, 2.75) is 6.42 Å². The first-order chi connectivity index (χ1) is 12.7.